The molecular formula is C8H6ClN5O2. The van der Waals surface area contributed by atoms with Crippen LogP contribution in [0.5, 0.6) is 0 Å². The summed E-state index contributed by atoms with van der Waals surface area (Å²) < 4.78 is 1.16. The molecule has 0 aliphatic rings. The second-order valence-electron chi connectivity index (χ2n) is 2.91. The lowest BCUT2D eigenvalue weighted by Gasteiger charge is -2.02. The molecule has 1 N–H and O–H groups in total. The lowest BCUT2D eigenvalue weighted by atomic mass is 10.2. The number of tetrazole rings is 1. The number of pyridine rings is 1. The van der Waals surface area contributed by atoms with Gasteiger partial charge in [0.15, 0.2) is 5.82 Å². The summed E-state index contributed by atoms with van der Waals surface area (Å²) in [5.41, 5.74) is 0.544. The molecule has 0 aliphatic carbocycles. The minimum absolute atomic E-state index is 0.301. The Kier molecular flexibility index (Phi) is 2.78. The van der Waals surface area contributed by atoms with E-state index >= 15 is 0 Å². The minimum atomic E-state index is -1.03. The lowest BCUT2D eigenvalue weighted by Crippen LogP contribution is -2.11. The molecule has 0 spiro atoms. The van der Waals surface area contributed by atoms with Crippen LogP contribution in [-0.2, 0) is 11.3 Å². The summed E-state index contributed by atoms with van der Waals surface area (Å²) >= 11 is 5.91. The molecule has 82 valence electrons. The molecule has 0 radical (unpaired) electrons. The van der Waals surface area contributed by atoms with E-state index in [9.17, 15) is 4.79 Å². The average molecular weight is 240 g/mol. The Morgan fingerprint density at radius 1 is 1.56 bits per heavy atom. The summed E-state index contributed by atoms with van der Waals surface area (Å²) in [6.45, 7) is -0.318. The summed E-state index contributed by atoms with van der Waals surface area (Å²) in [5, 5.41) is 19.7. The van der Waals surface area contributed by atoms with Crippen molar-refractivity contribution in [2.45, 2.75) is 6.54 Å². The van der Waals surface area contributed by atoms with Gasteiger partial charge in [-0.15, -0.1) is 5.10 Å². The van der Waals surface area contributed by atoms with Crippen molar-refractivity contribution < 1.29 is 9.90 Å². The monoisotopic (exact) mass is 239 g/mol. The Morgan fingerprint density at radius 3 is 3.06 bits per heavy atom. The highest BCUT2D eigenvalue weighted by Gasteiger charge is 2.13. The van der Waals surface area contributed by atoms with Crippen LogP contribution in [0.25, 0.3) is 11.4 Å². The van der Waals surface area contributed by atoms with E-state index in [0.29, 0.717) is 16.4 Å². The smallest absolute Gasteiger partial charge is 0.325 e. The van der Waals surface area contributed by atoms with E-state index in [0.717, 1.165) is 4.68 Å². The molecule has 7 nitrogen and oxygen atoms in total. The van der Waals surface area contributed by atoms with Crippen molar-refractivity contribution in [2.24, 2.45) is 0 Å². The molecule has 0 amide bonds. The van der Waals surface area contributed by atoms with E-state index in [1.54, 1.807) is 6.07 Å². The molecule has 0 saturated heterocycles. The summed E-state index contributed by atoms with van der Waals surface area (Å²) in [7, 11) is 0. The van der Waals surface area contributed by atoms with Crippen LogP contribution in [0, 0.1) is 0 Å². The molecule has 16 heavy (non-hydrogen) atoms. The van der Waals surface area contributed by atoms with Gasteiger partial charge in [-0.1, -0.05) is 11.6 Å². The number of halogens is 1. The fraction of sp³-hybridized carbons (Fsp3) is 0.125. The van der Waals surface area contributed by atoms with Crippen molar-refractivity contribution in [2.75, 3.05) is 0 Å². The van der Waals surface area contributed by atoms with E-state index < -0.39 is 5.97 Å². The van der Waals surface area contributed by atoms with Crippen LogP contribution < -0.4 is 0 Å². The second kappa shape index (κ2) is 4.23. The highest BCUT2D eigenvalue weighted by molar-refractivity contribution is 6.33. The van der Waals surface area contributed by atoms with Crippen molar-refractivity contribution in [1.82, 2.24) is 25.2 Å². The third-order valence-electron chi connectivity index (χ3n) is 1.83. The first-order chi connectivity index (χ1) is 7.68. The maximum atomic E-state index is 10.6. The number of carbonyl (C=O) groups is 1. The Morgan fingerprint density at radius 2 is 2.38 bits per heavy atom. The summed E-state index contributed by atoms with van der Waals surface area (Å²) in [4.78, 5) is 14.4. The highest BCUT2D eigenvalue weighted by atomic mass is 35.5. The van der Waals surface area contributed by atoms with Crippen LogP contribution in [-0.4, -0.2) is 36.3 Å². The predicted octanol–water partition coefficient (Wildman–Crippen LogP) is 0.473. The van der Waals surface area contributed by atoms with Gasteiger partial charge < -0.3 is 5.11 Å². The van der Waals surface area contributed by atoms with Crippen LogP contribution in [0.15, 0.2) is 18.5 Å². The molecular weight excluding hydrogens is 234 g/mol. The van der Waals surface area contributed by atoms with Gasteiger partial charge in [-0.2, -0.15) is 0 Å². The van der Waals surface area contributed by atoms with E-state index in [1.165, 1.54) is 12.4 Å². The Balaban J connectivity index is 2.45. The molecule has 0 aromatic carbocycles. The van der Waals surface area contributed by atoms with Crippen LogP contribution in [0.2, 0.25) is 5.02 Å². The maximum absolute atomic E-state index is 10.6. The molecule has 0 unspecified atom stereocenters. The fourth-order valence-corrected chi connectivity index (χ4v) is 1.39. The number of aliphatic carboxylic acids is 1. The molecule has 0 bridgehead atoms. The lowest BCUT2D eigenvalue weighted by molar-refractivity contribution is -0.137. The van der Waals surface area contributed by atoms with Crippen molar-refractivity contribution in [3.8, 4) is 11.4 Å². The summed E-state index contributed by atoms with van der Waals surface area (Å²) in [6, 6.07) is 1.62. The number of hydrogen-bond donors (Lipinski definition) is 1. The van der Waals surface area contributed by atoms with Crippen LogP contribution in [0.4, 0.5) is 0 Å². The van der Waals surface area contributed by atoms with E-state index in [2.05, 4.69) is 20.5 Å². The highest BCUT2D eigenvalue weighted by Crippen LogP contribution is 2.23. The number of carboxylic acids is 1. The first kappa shape index (κ1) is 10.5. The minimum Gasteiger partial charge on any atom is -0.480 e. The average Bonchev–Trinajstić information content (AvgIpc) is 2.66. The second-order valence-corrected chi connectivity index (χ2v) is 3.32. The molecule has 0 fully saturated rings. The topological polar surface area (TPSA) is 93.8 Å². The zero-order valence-corrected chi connectivity index (χ0v) is 8.66. The van der Waals surface area contributed by atoms with Gasteiger partial charge in [0.2, 0.25) is 0 Å². The van der Waals surface area contributed by atoms with Gasteiger partial charge in [-0.05, 0) is 16.5 Å². The quantitative estimate of drug-likeness (QED) is 0.837. The van der Waals surface area contributed by atoms with Crippen LogP contribution >= 0.6 is 11.6 Å². The number of hydrogen-bond acceptors (Lipinski definition) is 5. The van der Waals surface area contributed by atoms with E-state index in [4.69, 9.17) is 16.7 Å². The zero-order chi connectivity index (χ0) is 11.5. The largest absolute Gasteiger partial charge is 0.480 e. The molecule has 2 rings (SSSR count). The molecule has 0 saturated carbocycles. The first-order valence-corrected chi connectivity index (χ1v) is 4.64. The number of carboxylic acid groups (broad SMARTS) is 1. The summed E-state index contributed by atoms with van der Waals surface area (Å²) in [5.74, 6) is -0.728. The number of nitrogens with zero attached hydrogens (tertiary/aromatic N) is 5. The number of aromatic nitrogens is 5. The summed E-state index contributed by atoms with van der Waals surface area (Å²) in [6.07, 6.45) is 2.97. The van der Waals surface area contributed by atoms with Crippen molar-refractivity contribution in [1.29, 1.82) is 0 Å². The van der Waals surface area contributed by atoms with E-state index in [-0.39, 0.29) is 6.54 Å². The third kappa shape index (κ3) is 1.98. The van der Waals surface area contributed by atoms with Gasteiger partial charge in [0.05, 0.1) is 5.02 Å². The van der Waals surface area contributed by atoms with Crippen molar-refractivity contribution in [3.63, 3.8) is 0 Å². The zero-order valence-electron chi connectivity index (χ0n) is 7.91. The van der Waals surface area contributed by atoms with Gasteiger partial charge in [0.1, 0.15) is 6.54 Å². The van der Waals surface area contributed by atoms with Gasteiger partial charge in [-0.3, -0.25) is 9.78 Å². The number of rotatable bonds is 3. The normalized spacial score (nSPS) is 10.3. The fourth-order valence-electron chi connectivity index (χ4n) is 1.19. The Bertz CT molecular complexity index is 527. The standard InChI is InChI=1S/C8H6ClN5O2/c9-6-3-10-2-1-5(6)8-11-12-13-14(8)4-7(15)16/h1-3H,4H2,(H,15,16). The van der Waals surface area contributed by atoms with Crippen LogP contribution in [0.1, 0.15) is 0 Å². The van der Waals surface area contributed by atoms with Crippen molar-refractivity contribution in [3.05, 3.63) is 23.5 Å². The van der Waals surface area contributed by atoms with Crippen molar-refractivity contribution >= 4 is 17.6 Å². The molecule has 2 aromatic heterocycles. The predicted molar refractivity (Wildman–Crippen MR) is 53.7 cm³/mol. The Labute approximate surface area is 94.7 Å². The molecule has 0 atom stereocenters. The van der Waals surface area contributed by atoms with Gasteiger partial charge in [0.25, 0.3) is 0 Å². The van der Waals surface area contributed by atoms with Gasteiger partial charge >= 0.3 is 5.97 Å². The van der Waals surface area contributed by atoms with E-state index in [1.807, 2.05) is 0 Å². The van der Waals surface area contributed by atoms with Gasteiger partial charge in [0, 0.05) is 18.0 Å². The van der Waals surface area contributed by atoms with Gasteiger partial charge in [-0.25, -0.2) is 4.68 Å². The maximum Gasteiger partial charge on any atom is 0.325 e. The molecule has 8 heteroatoms. The molecule has 0 aliphatic heterocycles. The molecule has 2 aromatic rings. The van der Waals surface area contributed by atoms with Crippen LogP contribution in [0.3, 0.4) is 0 Å². The first-order valence-electron chi connectivity index (χ1n) is 4.26. The SMILES string of the molecule is O=C(O)Cn1nnnc1-c1ccncc1Cl. The third-order valence-corrected chi connectivity index (χ3v) is 2.13. The molecule has 2 heterocycles. The Hall–Kier alpha value is -2.02.